The normalized spacial score (nSPS) is 36.9. The zero-order valence-electron chi connectivity index (χ0n) is 12.3. The molecule has 0 saturated carbocycles. The molecule has 5 unspecified atom stereocenters. The Morgan fingerprint density at radius 1 is 1.35 bits per heavy atom. The highest BCUT2D eigenvalue weighted by atomic mass is 32.2. The highest BCUT2D eigenvalue weighted by Crippen LogP contribution is 2.37. The zero-order valence-corrected chi connectivity index (χ0v) is 13.1. The van der Waals surface area contributed by atoms with E-state index in [0.29, 0.717) is 6.61 Å². The van der Waals surface area contributed by atoms with E-state index < -0.39 is 0 Å². The molecule has 0 spiro atoms. The van der Waals surface area contributed by atoms with Crippen LogP contribution in [0.4, 0.5) is 0 Å². The van der Waals surface area contributed by atoms with Gasteiger partial charge in [0.15, 0.2) is 0 Å². The standard InChI is InChI=1S/C14H23NO4S/c1-4-18-14(17)12-8(2)7-11(20-12)15-13(16)10-6-5-9(3)19-10/h8-12H,4-7H2,1-3H3,(H,15,16). The van der Waals surface area contributed by atoms with Gasteiger partial charge in [0, 0.05) is 0 Å². The first-order valence-corrected chi connectivity index (χ1v) is 8.23. The lowest BCUT2D eigenvalue weighted by atomic mass is 10.0. The molecule has 0 aromatic heterocycles. The molecule has 1 N–H and O–H groups in total. The second-order valence-corrected chi connectivity index (χ2v) is 6.88. The Balaban J connectivity index is 1.83. The van der Waals surface area contributed by atoms with Gasteiger partial charge >= 0.3 is 5.97 Å². The third-order valence-electron chi connectivity index (χ3n) is 3.76. The molecule has 0 aliphatic carbocycles. The number of thioether (sulfide) groups is 1. The monoisotopic (exact) mass is 301 g/mol. The van der Waals surface area contributed by atoms with Gasteiger partial charge < -0.3 is 14.8 Å². The van der Waals surface area contributed by atoms with Crippen molar-refractivity contribution in [3.8, 4) is 0 Å². The molecule has 0 bridgehead atoms. The highest BCUT2D eigenvalue weighted by molar-refractivity contribution is 8.01. The van der Waals surface area contributed by atoms with E-state index in [1.807, 2.05) is 13.8 Å². The molecule has 2 fully saturated rings. The van der Waals surface area contributed by atoms with Crippen molar-refractivity contribution in [1.29, 1.82) is 0 Å². The molecule has 20 heavy (non-hydrogen) atoms. The number of rotatable bonds is 4. The number of ether oxygens (including phenoxy) is 2. The van der Waals surface area contributed by atoms with Crippen molar-refractivity contribution in [2.24, 2.45) is 5.92 Å². The summed E-state index contributed by atoms with van der Waals surface area (Å²) in [5.74, 6) is -0.0104. The van der Waals surface area contributed by atoms with Crippen molar-refractivity contribution in [1.82, 2.24) is 5.32 Å². The fourth-order valence-electron chi connectivity index (χ4n) is 2.68. The van der Waals surface area contributed by atoms with Crippen molar-refractivity contribution in [3.05, 3.63) is 0 Å². The zero-order chi connectivity index (χ0) is 14.7. The molecular weight excluding hydrogens is 278 g/mol. The number of hydrogen-bond donors (Lipinski definition) is 1. The van der Waals surface area contributed by atoms with Crippen molar-refractivity contribution in [3.63, 3.8) is 0 Å². The van der Waals surface area contributed by atoms with Crippen LogP contribution in [-0.4, -0.2) is 41.3 Å². The fraction of sp³-hybridized carbons (Fsp3) is 0.857. The van der Waals surface area contributed by atoms with Gasteiger partial charge in [0.05, 0.1) is 18.1 Å². The second-order valence-electron chi connectivity index (χ2n) is 5.53. The van der Waals surface area contributed by atoms with Crippen LogP contribution in [0.25, 0.3) is 0 Å². The minimum absolute atomic E-state index is 0.0218. The third-order valence-corrected chi connectivity index (χ3v) is 5.35. The minimum Gasteiger partial charge on any atom is -0.465 e. The average molecular weight is 301 g/mol. The average Bonchev–Trinajstić information content (AvgIpc) is 2.96. The fourth-order valence-corrected chi connectivity index (χ4v) is 4.19. The van der Waals surface area contributed by atoms with Crippen LogP contribution in [0.15, 0.2) is 0 Å². The van der Waals surface area contributed by atoms with Gasteiger partial charge in [-0.05, 0) is 39.0 Å². The molecule has 114 valence electrons. The van der Waals surface area contributed by atoms with E-state index in [9.17, 15) is 9.59 Å². The Morgan fingerprint density at radius 3 is 2.70 bits per heavy atom. The van der Waals surface area contributed by atoms with E-state index in [-0.39, 0.29) is 40.6 Å². The van der Waals surface area contributed by atoms with Gasteiger partial charge in [0.2, 0.25) is 5.91 Å². The van der Waals surface area contributed by atoms with E-state index >= 15 is 0 Å². The maximum atomic E-state index is 12.1. The lowest BCUT2D eigenvalue weighted by molar-refractivity contribution is -0.143. The number of carbonyl (C=O) groups excluding carboxylic acids is 2. The molecule has 2 heterocycles. The number of nitrogens with one attached hydrogen (secondary N) is 1. The van der Waals surface area contributed by atoms with Crippen molar-refractivity contribution >= 4 is 23.6 Å². The quantitative estimate of drug-likeness (QED) is 0.801. The summed E-state index contributed by atoms with van der Waals surface area (Å²) in [7, 11) is 0. The predicted octanol–water partition coefficient (Wildman–Crippen LogP) is 1.70. The van der Waals surface area contributed by atoms with E-state index in [4.69, 9.17) is 9.47 Å². The van der Waals surface area contributed by atoms with Crippen LogP contribution in [0.2, 0.25) is 0 Å². The summed E-state index contributed by atoms with van der Waals surface area (Å²) in [6.07, 6.45) is 2.33. The van der Waals surface area contributed by atoms with E-state index in [1.165, 1.54) is 11.8 Å². The van der Waals surface area contributed by atoms with Gasteiger partial charge in [-0.1, -0.05) is 6.92 Å². The molecule has 0 aromatic rings. The lowest BCUT2D eigenvalue weighted by Gasteiger charge is -2.16. The van der Waals surface area contributed by atoms with Crippen LogP contribution in [0.5, 0.6) is 0 Å². The SMILES string of the molecule is CCOC(=O)C1SC(NC(=O)C2CCC(C)O2)CC1C. The summed E-state index contributed by atoms with van der Waals surface area (Å²) in [4.78, 5) is 23.9. The lowest BCUT2D eigenvalue weighted by Crippen LogP contribution is -2.39. The minimum atomic E-state index is -0.331. The molecule has 0 aromatic carbocycles. The second kappa shape index (κ2) is 6.80. The Kier molecular flexibility index (Phi) is 5.32. The number of carbonyl (C=O) groups is 2. The van der Waals surface area contributed by atoms with E-state index in [1.54, 1.807) is 6.92 Å². The molecule has 6 heteroatoms. The van der Waals surface area contributed by atoms with Crippen molar-refractivity contribution in [2.75, 3.05) is 6.61 Å². The summed E-state index contributed by atoms with van der Waals surface area (Å²) in [6, 6.07) is 0. The molecule has 5 atom stereocenters. The number of esters is 1. The van der Waals surface area contributed by atoms with E-state index in [2.05, 4.69) is 5.32 Å². The van der Waals surface area contributed by atoms with Crippen LogP contribution in [-0.2, 0) is 19.1 Å². The summed E-state index contributed by atoms with van der Waals surface area (Å²) in [6.45, 7) is 6.21. The predicted molar refractivity (Wildman–Crippen MR) is 77.3 cm³/mol. The van der Waals surface area contributed by atoms with Crippen LogP contribution < -0.4 is 5.32 Å². The van der Waals surface area contributed by atoms with E-state index in [0.717, 1.165) is 19.3 Å². The molecule has 0 radical (unpaired) electrons. The highest BCUT2D eigenvalue weighted by Gasteiger charge is 2.39. The van der Waals surface area contributed by atoms with Crippen LogP contribution in [0, 0.1) is 5.92 Å². The van der Waals surface area contributed by atoms with Gasteiger partial charge in [-0.2, -0.15) is 0 Å². The van der Waals surface area contributed by atoms with Gasteiger partial charge in [0.1, 0.15) is 11.4 Å². The Morgan fingerprint density at radius 2 is 2.10 bits per heavy atom. The molecular formula is C14H23NO4S. The van der Waals surface area contributed by atoms with Crippen molar-refractivity contribution in [2.45, 2.75) is 62.9 Å². The Hall–Kier alpha value is -0.750. The van der Waals surface area contributed by atoms with Gasteiger partial charge in [-0.15, -0.1) is 11.8 Å². The summed E-state index contributed by atoms with van der Waals surface area (Å²) in [5.41, 5.74) is 0. The van der Waals surface area contributed by atoms with Crippen molar-refractivity contribution < 1.29 is 19.1 Å². The maximum absolute atomic E-state index is 12.1. The number of hydrogen-bond acceptors (Lipinski definition) is 5. The molecule has 2 aliphatic rings. The Bertz CT molecular complexity index is 376. The number of amides is 1. The van der Waals surface area contributed by atoms with Gasteiger partial charge in [-0.3, -0.25) is 9.59 Å². The molecule has 2 saturated heterocycles. The smallest absolute Gasteiger partial charge is 0.319 e. The Labute approximate surface area is 124 Å². The van der Waals surface area contributed by atoms with Crippen LogP contribution in [0.3, 0.4) is 0 Å². The molecule has 2 aliphatic heterocycles. The molecule has 5 nitrogen and oxygen atoms in total. The van der Waals surface area contributed by atoms with Crippen LogP contribution in [0.1, 0.15) is 40.0 Å². The van der Waals surface area contributed by atoms with Crippen LogP contribution >= 0.6 is 11.8 Å². The first-order valence-electron chi connectivity index (χ1n) is 7.29. The maximum Gasteiger partial charge on any atom is 0.319 e. The summed E-state index contributed by atoms with van der Waals surface area (Å²) < 4.78 is 10.6. The molecule has 2 rings (SSSR count). The summed E-state index contributed by atoms with van der Waals surface area (Å²) >= 11 is 1.49. The summed E-state index contributed by atoms with van der Waals surface area (Å²) in [5, 5.41) is 2.79. The van der Waals surface area contributed by atoms with Gasteiger partial charge in [0.25, 0.3) is 0 Å². The first-order chi connectivity index (χ1) is 9.51. The molecule has 1 amide bonds. The topological polar surface area (TPSA) is 64.6 Å². The largest absolute Gasteiger partial charge is 0.465 e. The van der Waals surface area contributed by atoms with Gasteiger partial charge in [-0.25, -0.2) is 0 Å². The first kappa shape index (κ1) is 15.6. The third kappa shape index (κ3) is 3.67.